The van der Waals surface area contributed by atoms with Gasteiger partial charge in [0, 0.05) is 15.8 Å². The molecule has 0 aliphatic heterocycles. The van der Waals surface area contributed by atoms with Crippen molar-refractivity contribution in [2.24, 2.45) is 0 Å². The van der Waals surface area contributed by atoms with Gasteiger partial charge in [0.2, 0.25) is 5.78 Å². The van der Waals surface area contributed by atoms with Crippen LogP contribution in [-0.4, -0.2) is 17.1 Å². The predicted molar refractivity (Wildman–Crippen MR) is 60.0 cm³/mol. The van der Waals surface area contributed by atoms with Crippen LogP contribution in [0.4, 0.5) is 0 Å². The van der Waals surface area contributed by atoms with E-state index < -0.39 is 0 Å². The standard InChI is InChI=1S/C10H7NO2S2/c1-6-8(2-7(3-12)15-6)10(13)9-4-14-5-11-9/h2-5H,1H3. The second kappa shape index (κ2) is 4.04. The molecule has 0 radical (unpaired) electrons. The highest BCUT2D eigenvalue weighted by molar-refractivity contribution is 7.14. The molecule has 0 amide bonds. The molecule has 0 aliphatic rings. The fourth-order valence-corrected chi connectivity index (χ4v) is 2.62. The van der Waals surface area contributed by atoms with Crippen molar-refractivity contribution in [3.63, 3.8) is 0 Å². The Morgan fingerprint density at radius 3 is 2.87 bits per heavy atom. The van der Waals surface area contributed by atoms with Crippen LogP contribution in [0.25, 0.3) is 0 Å². The third-order valence-electron chi connectivity index (χ3n) is 1.96. The van der Waals surface area contributed by atoms with Gasteiger partial charge < -0.3 is 0 Å². The molecule has 2 aromatic rings. The zero-order valence-corrected chi connectivity index (χ0v) is 9.52. The van der Waals surface area contributed by atoms with Crippen LogP contribution in [0.3, 0.4) is 0 Å². The first kappa shape index (κ1) is 10.2. The molecule has 15 heavy (non-hydrogen) atoms. The highest BCUT2D eigenvalue weighted by Gasteiger charge is 2.16. The molecule has 5 heteroatoms. The molecule has 76 valence electrons. The van der Waals surface area contributed by atoms with Crippen molar-refractivity contribution >= 4 is 34.7 Å². The fraction of sp³-hybridized carbons (Fsp3) is 0.100. The third-order valence-corrected chi connectivity index (χ3v) is 3.52. The highest BCUT2D eigenvalue weighted by Crippen LogP contribution is 2.22. The van der Waals surface area contributed by atoms with Crippen molar-refractivity contribution in [3.8, 4) is 0 Å². The first-order valence-corrected chi connectivity index (χ1v) is 5.97. The van der Waals surface area contributed by atoms with Crippen LogP contribution in [-0.2, 0) is 0 Å². The number of thiazole rings is 1. The summed E-state index contributed by atoms with van der Waals surface area (Å²) in [6.45, 7) is 1.83. The van der Waals surface area contributed by atoms with E-state index in [1.807, 2.05) is 6.92 Å². The minimum Gasteiger partial charge on any atom is -0.297 e. The average Bonchev–Trinajstić information content (AvgIpc) is 2.85. The number of rotatable bonds is 3. The molecular weight excluding hydrogens is 230 g/mol. The molecule has 2 aromatic heterocycles. The molecule has 0 aromatic carbocycles. The largest absolute Gasteiger partial charge is 0.297 e. The number of hydrogen-bond donors (Lipinski definition) is 0. The summed E-state index contributed by atoms with van der Waals surface area (Å²) in [5, 5.41) is 1.71. The van der Waals surface area contributed by atoms with E-state index in [1.165, 1.54) is 22.7 Å². The molecule has 3 nitrogen and oxygen atoms in total. The Morgan fingerprint density at radius 2 is 2.33 bits per heavy atom. The number of hydrogen-bond acceptors (Lipinski definition) is 5. The van der Waals surface area contributed by atoms with Crippen LogP contribution in [0.15, 0.2) is 17.0 Å². The number of aromatic nitrogens is 1. The summed E-state index contributed by atoms with van der Waals surface area (Å²) in [4.78, 5) is 27.8. The van der Waals surface area contributed by atoms with Gasteiger partial charge in [-0.2, -0.15) is 0 Å². The monoisotopic (exact) mass is 237 g/mol. The van der Waals surface area contributed by atoms with E-state index in [1.54, 1.807) is 17.0 Å². The quantitative estimate of drug-likeness (QED) is 0.609. The molecule has 2 heterocycles. The molecule has 0 spiro atoms. The van der Waals surface area contributed by atoms with Crippen LogP contribution in [0, 0.1) is 6.92 Å². The summed E-state index contributed by atoms with van der Waals surface area (Å²) < 4.78 is 0. The summed E-state index contributed by atoms with van der Waals surface area (Å²) in [5.74, 6) is -0.113. The van der Waals surface area contributed by atoms with Gasteiger partial charge in [0.05, 0.1) is 10.4 Å². The van der Waals surface area contributed by atoms with E-state index in [-0.39, 0.29) is 5.78 Å². The van der Waals surface area contributed by atoms with Crippen LogP contribution in [0.1, 0.15) is 30.6 Å². The number of carbonyl (C=O) groups excluding carboxylic acids is 2. The van der Waals surface area contributed by atoms with Crippen molar-refractivity contribution in [3.05, 3.63) is 38.0 Å². The van der Waals surface area contributed by atoms with Crippen molar-refractivity contribution in [2.45, 2.75) is 6.92 Å². The smallest absolute Gasteiger partial charge is 0.213 e. The molecule has 0 bridgehead atoms. The topological polar surface area (TPSA) is 47.0 Å². The number of carbonyl (C=O) groups is 2. The minimum absolute atomic E-state index is 0.113. The zero-order chi connectivity index (χ0) is 10.8. The lowest BCUT2D eigenvalue weighted by Crippen LogP contribution is -2.01. The normalized spacial score (nSPS) is 10.2. The van der Waals surface area contributed by atoms with E-state index in [0.29, 0.717) is 16.1 Å². The predicted octanol–water partition coefficient (Wildman–Crippen LogP) is 2.56. The first-order chi connectivity index (χ1) is 7.22. The molecule has 0 aliphatic carbocycles. The van der Waals surface area contributed by atoms with Gasteiger partial charge in [-0.3, -0.25) is 9.59 Å². The van der Waals surface area contributed by atoms with Gasteiger partial charge in [0.1, 0.15) is 5.69 Å². The maximum absolute atomic E-state index is 11.9. The second-order valence-corrected chi connectivity index (χ2v) is 4.95. The van der Waals surface area contributed by atoms with Gasteiger partial charge in [0.15, 0.2) is 6.29 Å². The van der Waals surface area contributed by atoms with E-state index in [0.717, 1.165) is 11.2 Å². The van der Waals surface area contributed by atoms with Gasteiger partial charge in [-0.1, -0.05) is 0 Å². The highest BCUT2D eigenvalue weighted by atomic mass is 32.1. The maximum atomic E-state index is 11.9. The first-order valence-electron chi connectivity index (χ1n) is 4.21. The number of nitrogens with zero attached hydrogens (tertiary/aromatic N) is 1. The van der Waals surface area contributed by atoms with E-state index in [9.17, 15) is 9.59 Å². The molecule has 0 atom stereocenters. The molecule has 0 unspecified atom stereocenters. The number of ketones is 1. The molecule has 0 N–H and O–H groups in total. The summed E-state index contributed by atoms with van der Waals surface area (Å²) >= 11 is 2.71. The van der Waals surface area contributed by atoms with E-state index >= 15 is 0 Å². The number of aryl methyl sites for hydroxylation is 1. The van der Waals surface area contributed by atoms with Crippen LogP contribution < -0.4 is 0 Å². The average molecular weight is 237 g/mol. The summed E-state index contributed by atoms with van der Waals surface area (Å²) in [6, 6.07) is 1.62. The summed E-state index contributed by atoms with van der Waals surface area (Å²) in [5.41, 5.74) is 2.64. The SMILES string of the molecule is Cc1sc(C=O)cc1C(=O)c1cscn1. The Balaban J connectivity index is 2.41. The molecule has 0 saturated carbocycles. The van der Waals surface area contributed by atoms with Crippen LogP contribution in [0.2, 0.25) is 0 Å². The van der Waals surface area contributed by atoms with Crippen LogP contribution >= 0.6 is 22.7 Å². The van der Waals surface area contributed by atoms with Crippen molar-refractivity contribution in [1.82, 2.24) is 4.98 Å². The van der Waals surface area contributed by atoms with E-state index in [4.69, 9.17) is 0 Å². The Kier molecular flexibility index (Phi) is 2.75. The van der Waals surface area contributed by atoms with Crippen molar-refractivity contribution in [1.29, 1.82) is 0 Å². The van der Waals surface area contributed by atoms with Gasteiger partial charge in [-0.25, -0.2) is 4.98 Å². The molecular formula is C10H7NO2S2. The van der Waals surface area contributed by atoms with Gasteiger partial charge in [-0.15, -0.1) is 22.7 Å². The number of aldehydes is 1. The van der Waals surface area contributed by atoms with Gasteiger partial charge >= 0.3 is 0 Å². The Bertz CT molecular complexity index is 499. The Morgan fingerprint density at radius 1 is 1.53 bits per heavy atom. The summed E-state index contributed by atoms with van der Waals surface area (Å²) in [6.07, 6.45) is 0.759. The lowest BCUT2D eigenvalue weighted by Gasteiger charge is -1.93. The molecule has 2 rings (SSSR count). The molecule has 0 saturated heterocycles. The maximum Gasteiger partial charge on any atom is 0.213 e. The fourth-order valence-electron chi connectivity index (χ4n) is 1.25. The third kappa shape index (κ3) is 1.88. The Labute approximate surface area is 94.4 Å². The number of thiophene rings is 1. The zero-order valence-electron chi connectivity index (χ0n) is 7.89. The Hall–Kier alpha value is -1.33. The minimum atomic E-state index is -0.113. The lowest BCUT2D eigenvalue weighted by molar-refractivity contribution is 0.103. The van der Waals surface area contributed by atoms with Gasteiger partial charge in [-0.05, 0) is 13.0 Å². The van der Waals surface area contributed by atoms with Crippen molar-refractivity contribution in [2.75, 3.05) is 0 Å². The molecule has 0 fully saturated rings. The summed E-state index contributed by atoms with van der Waals surface area (Å²) in [7, 11) is 0. The van der Waals surface area contributed by atoms with Crippen LogP contribution in [0.5, 0.6) is 0 Å². The van der Waals surface area contributed by atoms with Crippen molar-refractivity contribution < 1.29 is 9.59 Å². The lowest BCUT2D eigenvalue weighted by atomic mass is 10.1. The van der Waals surface area contributed by atoms with E-state index in [2.05, 4.69) is 4.98 Å². The second-order valence-electron chi connectivity index (χ2n) is 2.94. The van der Waals surface area contributed by atoms with Gasteiger partial charge in [0.25, 0.3) is 0 Å².